The molecule has 0 unspecified atom stereocenters. The maximum atomic E-state index is 12.9. The van der Waals surface area contributed by atoms with E-state index in [0.717, 1.165) is 23.3 Å². The van der Waals surface area contributed by atoms with Gasteiger partial charge in [0, 0.05) is 28.6 Å². The van der Waals surface area contributed by atoms with E-state index in [1.165, 1.54) is 41.7 Å². The van der Waals surface area contributed by atoms with E-state index in [1.807, 2.05) is 6.07 Å². The van der Waals surface area contributed by atoms with E-state index in [2.05, 4.69) is 12.2 Å². The third-order valence-electron chi connectivity index (χ3n) is 5.69. The van der Waals surface area contributed by atoms with E-state index < -0.39 is 16.7 Å². The Hall–Kier alpha value is -3.94. The predicted octanol–water partition coefficient (Wildman–Crippen LogP) is 5.34. The maximum Gasteiger partial charge on any atom is 0.270 e. The number of halogens is 1. The largest absolute Gasteiger partial charge is 0.457 e. The average Bonchev–Trinajstić information content (AvgIpc) is 3.40. The van der Waals surface area contributed by atoms with E-state index in [9.17, 15) is 25.0 Å². The molecule has 1 aliphatic carbocycles. The molecule has 0 aliphatic heterocycles. The summed E-state index contributed by atoms with van der Waals surface area (Å²) in [5, 5.41) is 23.6. The molecule has 1 aliphatic rings. The summed E-state index contributed by atoms with van der Waals surface area (Å²) in [5.74, 6) is -0.337. The topological polar surface area (TPSA) is 152 Å². The number of rotatable bonds is 6. The Morgan fingerprint density at radius 3 is 2.80 bits per heavy atom. The quantitative estimate of drug-likeness (QED) is 0.197. The molecular formula is C24H19ClN4O5S. The minimum atomic E-state index is -0.701. The summed E-state index contributed by atoms with van der Waals surface area (Å²) in [6.45, 7) is 2.13. The SMILES string of the molecule is C[C@H]1CCc2c(sc(NC(=O)/C(C#N)=C/c3ccc(-c4ccc([N+](=O)[O-])cc4Cl)o3)c2C(N)=O)C1. The summed E-state index contributed by atoms with van der Waals surface area (Å²) >= 11 is 7.46. The van der Waals surface area contributed by atoms with Crippen molar-refractivity contribution in [2.45, 2.75) is 26.2 Å². The molecule has 1 atom stereocenters. The number of nitrogens with two attached hydrogens (primary N) is 1. The molecule has 2 amide bonds. The fourth-order valence-corrected chi connectivity index (χ4v) is 5.63. The van der Waals surface area contributed by atoms with Gasteiger partial charge < -0.3 is 15.5 Å². The maximum absolute atomic E-state index is 12.9. The van der Waals surface area contributed by atoms with E-state index in [4.69, 9.17) is 21.8 Å². The second-order valence-electron chi connectivity index (χ2n) is 8.17. The number of primary amides is 1. The Balaban J connectivity index is 1.59. The van der Waals surface area contributed by atoms with Gasteiger partial charge in [0.2, 0.25) is 0 Å². The molecule has 3 N–H and O–H groups in total. The molecule has 0 saturated carbocycles. The van der Waals surface area contributed by atoms with E-state index in [0.29, 0.717) is 34.2 Å². The van der Waals surface area contributed by atoms with Crippen LogP contribution in [0.5, 0.6) is 0 Å². The lowest BCUT2D eigenvalue weighted by Gasteiger charge is -2.18. The number of non-ortho nitro benzene ring substituents is 1. The highest BCUT2D eigenvalue weighted by Gasteiger charge is 2.27. The normalized spacial score (nSPS) is 15.2. The first-order valence-electron chi connectivity index (χ1n) is 10.6. The van der Waals surface area contributed by atoms with Crippen LogP contribution in [0.25, 0.3) is 17.4 Å². The predicted molar refractivity (Wildman–Crippen MR) is 132 cm³/mol. The standard InChI is InChI=1S/C24H19ClN4O5S/c1-12-2-5-17-20(8-12)35-24(21(17)22(27)30)28-23(31)13(11-26)9-15-4-7-19(34-15)16-6-3-14(29(32)33)10-18(16)25/h3-4,6-7,9-10,12H,2,5,8H2,1H3,(H2,27,30)(H,28,31)/b13-9+/t12-/m0/s1. The van der Waals surface area contributed by atoms with Gasteiger partial charge in [0.05, 0.1) is 15.5 Å². The van der Waals surface area contributed by atoms with Crippen molar-refractivity contribution in [2.24, 2.45) is 11.7 Å². The molecule has 3 aromatic rings. The first kappa shape index (κ1) is 24.2. The number of fused-ring (bicyclic) bond motifs is 1. The van der Waals surface area contributed by atoms with Crippen molar-refractivity contribution in [3.63, 3.8) is 0 Å². The summed E-state index contributed by atoms with van der Waals surface area (Å²) < 4.78 is 5.69. The van der Waals surface area contributed by atoms with Crippen LogP contribution in [-0.4, -0.2) is 16.7 Å². The Labute approximate surface area is 208 Å². The van der Waals surface area contributed by atoms with Gasteiger partial charge in [-0.3, -0.25) is 19.7 Å². The number of carbonyl (C=O) groups is 2. The van der Waals surface area contributed by atoms with Gasteiger partial charge in [-0.1, -0.05) is 18.5 Å². The van der Waals surface area contributed by atoms with Crippen molar-refractivity contribution in [2.75, 3.05) is 5.32 Å². The number of thiophene rings is 1. The van der Waals surface area contributed by atoms with Crippen molar-refractivity contribution in [1.82, 2.24) is 0 Å². The zero-order chi connectivity index (χ0) is 25.3. The number of nitro benzene ring substituents is 1. The number of nitriles is 1. The van der Waals surface area contributed by atoms with Crippen molar-refractivity contribution in [3.8, 4) is 17.4 Å². The molecule has 2 aromatic heterocycles. The van der Waals surface area contributed by atoms with Gasteiger partial charge in [-0.15, -0.1) is 11.3 Å². The van der Waals surface area contributed by atoms with Crippen LogP contribution in [0.15, 0.2) is 40.3 Å². The van der Waals surface area contributed by atoms with Gasteiger partial charge in [-0.05, 0) is 48.9 Å². The lowest BCUT2D eigenvalue weighted by Crippen LogP contribution is -2.19. The number of furan rings is 1. The van der Waals surface area contributed by atoms with E-state index in [-0.39, 0.29) is 22.0 Å². The van der Waals surface area contributed by atoms with Gasteiger partial charge in [-0.25, -0.2) is 0 Å². The Kier molecular flexibility index (Phi) is 6.73. The zero-order valence-corrected chi connectivity index (χ0v) is 20.0. The highest BCUT2D eigenvalue weighted by molar-refractivity contribution is 7.17. The number of benzene rings is 1. The molecule has 4 rings (SSSR count). The van der Waals surface area contributed by atoms with Crippen LogP contribution < -0.4 is 11.1 Å². The van der Waals surface area contributed by atoms with Gasteiger partial charge in [0.15, 0.2) is 0 Å². The van der Waals surface area contributed by atoms with Gasteiger partial charge in [0.1, 0.15) is 28.2 Å². The molecule has 1 aromatic carbocycles. The van der Waals surface area contributed by atoms with Crippen LogP contribution >= 0.6 is 22.9 Å². The Morgan fingerprint density at radius 2 is 2.14 bits per heavy atom. The van der Waals surface area contributed by atoms with Gasteiger partial charge >= 0.3 is 0 Å². The molecule has 0 spiro atoms. The fraction of sp³-hybridized carbons (Fsp3) is 0.208. The highest BCUT2D eigenvalue weighted by atomic mass is 35.5. The monoisotopic (exact) mass is 510 g/mol. The van der Waals surface area contributed by atoms with Crippen molar-refractivity contribution in [1.29, 1.82) is 5.26 Å². The third-order valence-corrected chi connectivity index (χ3v) is 7.18. The first-order valence-corrected chi connectivity index (χ1v) is 11.8. The van der Waals surface area contributed by atoms with E-state index >= 15 is 0 Å². The minimum absolute atomic E-state index is 0.122. The number of nitrogens with zero attached hydrogens (tertiary/aromatic N) is 2. The van der Waals surface area contributed by atoms with Crippen molar-refractivity contribution < 1.29 is 18.9 Å². The van der Waals surface area contributed by atoms with Crippen LogP contribution in [0.4, 0.5) is 10.7 Å². The molecule has 11 heteroatoms. The van der Waals surface area contributed by atoms with Crippen LogP contribution in [0.3, 0.4) is 0 Å². The Bertz CT molecular complexity index is 1430. The molecule has 0 saturated heterocycles. The molecule has 2 heterocycles. The van der Waals surface area contributed by atoms with Crippen LogP contribution in [0, 0.1) is 27.4 Å². The summed E-state index contributed by atoms with van der Waals surface area (Å²) in [4.78, 5) is 36.3. The molecule has 0 radical (unpaired) electrons. The summed E-state index contributed by atoms with van der Waals surface area (Å²) in [6.07, 6.45) is 3.71. The second kappa shape index (κ2) is 9.74. The lowest BCUT2D eigenvalue weighted by molar-refractivity contribution is -0.384. The van der Waals surface area contributed by atoms with Crippen LogP contribution in [0.2, 0.25) is 5.02 Å². The van der Waals surface area contributed by atoms with Crippen LogP contribution in [0.1, 0.15) is 39.9 Å². The summed E-state index contributed by atoms with van der Waals surface area (Å²) in [5.41, 5.74) is 6.79. The zero-order valence-electron chi connectivity index (χ0n) is 18.5. The number of hydrogen-bond acceptors (Lipinski definition) is 7. The van der Waals surface area contributed by atoms with Crippen LogP contribution in [-0.2, 0) is 17.6 Å². The number of hydrogen-bond donors (Lipinski definition) is 2. The number of anilines is 1. The minimum Gasteiger partial charge on any atom is -0.457 e. The third kappa shape index (κ3) is 4.96. The summed E-state index contributed by atoms with van der Waals surface area (Å²) in [6, 6.07) is 8.92. The fourth-order valence-electron chi connectivity index (χ4n) is 3.95. The first-order chi connectivity index (χ1) is 16.7. The van der Waals surface area contributed by atoms with Gasteiger partial charge in [0.25, 0.3) is 17.5 Å². The molecule has 35 heavy (non-hydrogen) atoms. The smallest absolute Gasteiger partial charge is 0.270 e. The van der Waals surface area contributed by atoms with Crippen molar-refractivity contribution in [3.05, 3.63) is 72.8 Å². The Morgan fingerprint density at radius 1 is 1.37 bits per heavy atom. The second-order valence-corrected chi connectivity index (χ2v) is 9.68. The average molecular weight is 511 g/mol. The number of nitrogens with one attached hydrogen (secondary N) is 1. The molecule has 178 valence electrons. The number of nitro groups is 1. The molecular weight excluding hydrogens is 492 g/mol. The lowest BCUT2D eigenvalue weighted by atomic mass is 9.88. The molecule has 9 nitrogen and oxygen atoms in total. The molecule has 0 bridgehead atoms. The van der Waals surface area contributed by atoms with Crippen molar-refractivity contribution >= 4 is 51.5 Å². The number of amides is 2. The van der Waals surface area contributed by atoms with E-state index in [1.54, 1.807) is 6.07 Å². The van der Waals surface area contributed by atoms with Gasteiger partial charge in [-0.2, -0.15) is 5.26 Å². The molecule has 0 fully saturated rings. The summed E-state index contributed by atoms with van der Waals surface area (Å²) in [7, 11) is 0. The highest BCUT2D eigenvalue weighted by Crippen LogP contribution is 2.39. The number of carbonyl (C=O) groups excluding carboxylic acids is 2.